The minimum Gasteiger partial charge on any atom is -0.353 e. The SMILES string of the molecule is CC(=O)C1=C(C)NC(SCC(=O)c2ccc(C)cc2C)=C(C#N)[C@@H]1c1ccccc1Cl. The van der Waals surface area contributed by atoms with Crippen LogP contribution < -0.4 is 5.32 Å². The summed E-state index contributed by atoms with van der Waals surface area (Å²) in [6.07, 6.45) is 0. The van der Waals surface area contributed by atoms with E-state index >= 15 is 0 Å². The molecule has 0 radical (unpaired) electrons. The zero-order valence-electron chi connectivity index (χ0n) is 17.9. The molecule has 1 heterocycles. The molecule has 1 aliphatic heterocycles. The summed E-state index contributed by atoms with van der Waals surface area (Å²) < 4.78 is 0. The van der Waals surface area contributed by atoms with Crippen LogP contribution in [0, 0.1) is 25.2 Å². The lowest BCUT2D eigenvalue weighted by Crippen LogP contribution is -2.27. The van der Waals surface area contributed by atoms with E-state index in [1.54, 1.807) is 13.0 Å². The molecule has 1 atom stereocenters. The van der Waals surface area contributed by atoms with Crippen molar-refractivity contribution in [2.24, 2.45) is 0 Å². The van der Waals surface area contributed by atoms with Crippen molar-refractivity contribution in [3.8, 4) is 6.07 Å². The third-order valence-corrected chi connectivity index (χ3v) is 6.63. The summed E-state index contributed by atoms with van der Waals surface area (Å²) in [4.78, 5) is 25.3. The first-order chi connectivity index (χ1) is 14.7. The van der Waals surface area contributed by atoms with Gasteiger partial charge in [0.05, 0.1) is 28.3 Å². The lowest BCUT2D eigenvalue weighted by Gasteiger charge is -2.29. The Morgan fingerprint density at radius 2 is 1.87 bits per heavy atom. The summed E-state index contributed by atoms with van der Waals surface area (Å²) >= 11 is 7.71. The first-order valence-electron chi connectivity index (χ1n) is 9.85. The van der Waals surface area contributed by atoms with Gasteiger partial charge in [0.25, 0.3) is 0 Å². The van der Waals surface area contributed by atoms with Crippen molar-refractivity contribution in [2.75, 3.05) is 5.75 Å². The predicted octanol–water partition coefficient (Wildman–Crippen LogP) is 5.86. The van der Waals surface area contributed by atoms with Crippen molar-refractivity contribution in [1.29, 1.82) is 5.26 Å². The van der Waals surface area contributed by atoms with E-state index < -0.39 is 5.92 Å². The van der Waals surface area contributed by atoms with Crippen LogP contribution in [-0.2, 0) is 4.79 Å². The second-order valence-electron chi connectivity index (χ2n) is 7.56. The van der Waals surface area contributed by atoms with Gasteiger partial charge in [0.2, 0.25) is 0 Å². The Hall–Kier alpha value is -2.81. The molecule has 2 aromatic rings. The molecule has 0 aromatic heterocycles. The number of Topliss-reactive ketones (excluding diaryl/α,β-unsaturated/α-hetero) is 2. The average Bonchev–Trinajstić information content (AvgIpc) is 2.71. The third-order valence-electron chi connectivity index (χ3n) is 5.27. The molecule has 158 valence electrons. The van der Waals surface area contributed by atoms with Crippen LogP contribution in [0.1, 0.15) is 46.8 Å². The minimum atomic E-state index is -0.573. The highest BCUT2D eigenvalue weighted by atomic mass is 35.5. The second kappa shape index (κ2) is 9.55. The molecule has 0 aliphatic carbocycles. The number of halogens is 1. The molecule has 0 bridgehead atoms. The van der Waals surface area contributed by atoms with Crippen LogP contribution in [0.25, 0.3) is 0 Å². The first-order valence-corrected chi connectivity index (χ1v) is 11.2. The van der Waals surface area contributed by atoms with Crippen LogP contribution >= 0.6 is 23.4 Å². The molecule has 1 N–H and O–H groups in total. The Labute approximate surface area is 192 Å². The van der Waals surface area contributed by atoms with Crippen LogP contribution in [0.15, 0.2) is 64.3 Å². The number of nitriles is 1. The summed E-state index contributed by atoms with van der Waals surface area (Å²) in [7, 11) is 0. The number of nitrogens with zero attached hydrogens (tertiary/aromatic N) is 1. The summed E-state index contributed by atoms with van der Waals surface area (Å²) in [5.74, 6) is -0.536. The number of hydrogen-bond donors (Lipinski definition) is 1. The molecule has 31 heavy (non-hydrogen) atoms. The molecule has 3 rings (SSSR count). The van der Waals surface area contributed by atoms with E-state index in [0.29, 0.717) is 38.0 Å². The molecule has 0 spiro atoms. The van der Waals surface area contributed by atoms with Crippen molar-refractivity contribution >= 4 is 34.9 Å². The topological polar surface area (TPSA) is 70.0 Å². The fraction of sp³-hybridized carbons (Fsp3) is 0.240. The summed E-state index contributed by atoms with van der Waals surface area (Å²) in [5, 5.41) is 14.3. The number of allylic oxidation sites excluding steroid dienone is 3. The highest BCUT2D eigenvalue weighted by Gasteiger charge is 2.34. The van der Waals surface area contributed by atoms with Gasteiger partial charge in [-0.1, -0.05) is 65.3 Å². The molecule has 0 fully saturated rings. The number of dihydropyridines is 1. The summed E-state index contributed by atoms with van der Waals surface area (Å²) in [6.45, 7) is 7.20. The smallest absolute Gasteiger partial charge is 0.173 e. The van der Waals surface area contributed by atoms with Gasteiger partial charge in [-0.3, -0.25) is 9.59 Å². The van der Waals surface area contributed by atoms with Gasteiger partial charge in [-0.05, 0) is 44.9 Å². The van der Waals surface area contributed by atoms with Gasteiger partial charge in [-0.15, -0.1) is 0 Å². The van der Waals surface area contributed by atoms with Gasteiger partial charge in [0.15, 0.2) is 11.6 Å². The standard InChI is InChI=1S/C25H23ClN2O2S/c1-14-9-10-18(15(2)11-14)22(30)13-31-25-20(12-27)24(19-7-5-6-8-21(19)26)23(17(4)29)16(3)28-25/h5-11,24,28H,13H2,1-4H3/t24-/m0/s1. The number of hydrogen-bond acceptors (Lipinski definition) is 5. The van der Waals surface area contributed by atoms with E-state index in [9.17, 15) is 14.9 Å². The van der Waals surface area contributed by atoms with Gasteiger partial charge in [-0.25, -0.2) is 0 Å². The number of thioether (sulfide) groups is 1. The Balaban J connectivity index is 1.98. The third kappa shape index (κ3) is 4.76. The molecule has 0 saturated carbocycles. The zero-order valence-corrected chi connectivity index (χ0v) is 19.4. The Morgan fingerprint density at radius 3 is 2.48 bits per heavy atom. The van der Waals surface area contributed by atoms with Gasteiger partial charge in [-0.2, -0.15) is 5.26 Å². The maximum absolute atomic E-state index is 12.8. The van der Waals surface area contributed by atoms with Crippen LogP contribution in [0.5, 0.6) is 0 Å². The van der Waals surface area contributed by atoms with Gasteiger partial charge in [0.1, 0.15) is 0 Å². The number of nitrogens with one attached hydrogen (secondary N) is 1. The fourth-order valence-electron chi connectivity index (χ4n) is 3.86. The number of aryl methyl sites for hydroxylation is 2. The van der Waals surface area contributed by atoms with E-state index in [0.717, 1.165) is 11.1 Å². The number of carbonyl (C=O) groups excluding carboxylic acids is 2. The highest BCUT2D eigenvalue weighted by molar-refractivity contribution is 8.03. The predicted molar refractivity (Wildman–Crippen MR) is 126 cm³/mol. The molecular weight excluding hydrogens is 428 g/mol. The van der Waals surface area contributed by atoms with Crippen molar-refractivity contribution in [2.45, 2.75) is 33.6 Å². The first kappa shape index (κ1) is 22.9. The van der Waals surface area contributed by atoms with E-state index in [1.807, 2.05) is 50.2 Å². The normalized spacial score (nSPS) is 16.1. The zero-order chi connectivity index (χ0) is 22.7. The number of benzene rings is 2. The van der Waals surface area contributed by atoms with E-state index in [-0.39, 0.29) is 17.3 Å². The monoisotopic (exact) mass is 450 g/mol. The lowest BCUT2D eigenvalue weighted by atomic mass is 9.81. The second-order valence-corrected chi connectivity index (χ2v) is 8.95. The van der Waals surface area contributed by atoms with Crippen LogP contribution in [0.4, 0.5) is 0 Å². The molecule has 1 aliphatic rings. The molecular formula is C25H23ClN2O2S. The molecule has 2 aromatic carbocycles. The van der Waals surface area contributed by atoms with Crippen LogP contribution in [0.2, 0.25) is 5.02 Å². The van der Waals surface area contributed by atoms with Crippen LogP contribution in [-0.4, -0.2) is 17.3 Å². The van der Waals surface area contributed by atoms with E-state index in [1.165, 1.54) is 18.7 Å². The maximum Gasteiger partial charge on any atom is 0.173 e. The van der Waals surface area contributed by atoms with E-state index in [4.69, 9.17) is 11.6 Å². The lowest BCUT2D eigenvalue weighted by molar-refractivity contribution is -0.113. The summed E-state index contributed by atoms with van der Waals surface area (Å²) in [6, 6.07) is 15.2. The summed E-state index contributed by atoms with van der Waals surface area (Å²) in [5.41, 5.74) is 4.97. The maximum atomic E-state index is 12.8. The van der Waals surface area contributed by atoms with Crippen molar-refractivity contribution in [3.63, 3.8) is 0 Å². The molecule has 0 saturated heterocycles. The van der Waals surface area contributed by atoms with Crippen LogP contribution in [0.3, 0.4) is 0 Å². The van der Waals surface area contributed by atoms with Crippen molar-refractivity contribution < 1.29 is 9.59 Å². The molecule has 4 nitrogen and oxygen atoms in total. The largest absolute Gasteiger partial charge is 0.353 e. The Morgan fingerprint density at radius 1 is 1.16 bits per heavy atom. The fourth-order valence-corrected chi connectivity index (χ4v) is 5.08. The van der Waals surface area contributed by atoms with E-state index in [2.05, 4.69) is 11.4 Å². The number of carbonyl (C=O) groups is 2. The van der Waals surface area contributed by atoms with Gasteiger partial charge in [0, 0.05) is 21.9 Å². The van der Waals surface area contributed by atoms with Crippen molar-refractivity contribution in [3.05, 3.63) is 91.6 Å². The molecule has 0 amide bonds. The minimum absolute atomic E-state index is 0.0117. The highest BCUT2D eigenvalue weighted by Crippen LogP contribution is 2.43. The van der Waals surface area contributed by atoms with Gasteiger partial charge < -0.3 is 5.32 Å². The number of ketones is 2. The van der Waals surface area contributed by atoms with Crippen molar-refractivity contribution in [1.82, 2.24) is 5.32 Å². The van der Waals surface area contributed by atoms with Gasteiger partial charge >= 0.3 is 0 Å². The quantitative estimate of drug-likeness (QED) is 0.558. The Kier molecular flexibility index (Phi) is 7.04. The average molecular weight is 451 g/mol. The Bertz CT molecular complexity index is 1170. The molecule has 0 unspecified atom stereocenters. The molecule has 6 heteroatoms. The number of rotatable bonds is 6.